The molecule has 1 fully saturated rings. The fourth-order valence-electron chi connectivity index (χ4n) is 4.79. The summed E-state index contributed by atoms with van der Waals surface area (Å²) >= 11 is 0. The summed E-state index contributed by atoms with van der Waals surface area (Å²) in [6.07, 6.45) is 1.76. The lowest BCUT2D eigenvalue weighted by atomic mass is 9.88. The van der Waals surface area contributed by atoms with Gasteiger partial charge in [0.05, 0.1) is 48.8 Å². The van der Waals surface area contributed by atoms with E-state index in [9.17, 15) is 0 Å². The second-order valence-electron chi connectivity index (χ2n) is 7.34. The van der Waals surface area contributed by atoms with Crippen LogP contribution >= 0.6 is 0 Å². The molecule has 31 heavy (non-hydrogen) atoms. The molecule has 1 aliphatic rings. The Morgan fingerprint density at radius 1 is 0.516 bits per heavy atom. The zero-order chi connectivity index (χ0) is 22.5. The van der Waals surface area contributed by atoms with E-state index in [0.29, 0.717) is 34.5 Å². The van der Waals surface area contributed by atoms with Gasteiger partial charge in [0.25, 0.3) is 0 Å². The molecule has 0 amide bonds. The summed E-state index contributed by atoms with van der Waals surface area (Å²) in [6.45, 7) is 0. The molecule has 0 N–H and O–H groups in total. The van der Waals surface area contributed by atoms with E-state index in [0.717, 1.165) is 24.0 Å². The van der Waals surface area contributed by atoms with Gasteiger partial charge in [0.15, 0.2) is 23.0 Å². The summed E-state index contributed by atoms with van der Waals surface area (Å²) in [4.78, 5) is 0. The second kappa shape index (κ2) is 10.0. The van der Waals surface area contributed by atoms with E-state index in [4.69, 9.17) is 33.2 Å². The van der Waals surface area contributed by atoms with Crippen molar-refractivity contribution in [1.82, 2.24) is 0 Å². The Morgan fingerprint density at radius 2 is 0.903 bits per heavy atom. The first-order valence-corrected chi connectivity index (χ1v) is 10.2. The van der Waals surface area contributed by atoms with Gasteiger partial charge in [0.1, 0.15) is 0 Å². The Labute approximate surface area is 184 Å². The summed E-state index contributed by atoms with van der Waals surface area (Å²) in [5.74, 6) is 4.02. The zero-order valence-electron chi connectivity index (χ0n) is 19.3. The van der Waals surface area contributed by atoms with Crippen LogP contribution in [-0.2, 0) is 4.74 Å². The van der Waals surface area contributed by atoms with Gasteiger partial charge in [-0.2, -0.15) is 0 Å². The van der Waals surface area contributed by atoms with Crippen molar-refractivity contribution in [3.05, 3.63) is 35.4 Å². The van der Waals surface area contributed by atoms with Crippen molar-refractivity contribution in [3.8, 4) is 34.5 Å². The highest BCUT2D eigenvalue weighted by molar-refractivity contribution is 5.59. The van der Waals surface area contributed by atoms with Crippen LogP contribution in [0.4, 0.5) is 0 Å². The molecular formula is C24H32O7. The highest BCUT2D eigenvalue weighted by Gasteiger charge is 2.42. The number of benzene rings is 2. The smallest absolute Gasteiger partial charge is 0.203 e. The first-order chi connectivity index (χ1) is 15.1. The van der Waals surface area contributed by atoms with E-state index >= 15 is 0 Å². The summed E-state index contributed by atoms with van der Waals surface area (Å²) < 4.78 is 39.6. The molecule has 1 aliphatic carbocycles. The van der Waals surface area contributed by atoms with Crippen LogP contribution in [-0.4, -0.2) is 55.9 Å². The maximum Gasteiger partial charge on any atom is 0.203 e. The maximum absolute atomic E-state index is 6.05. The number of methoxy groups -OCH3 is 7. The van der Waals surface area contributed by atoms with Crippen molar-refractivity contribution >= 4 is 0 Å². The summed E-state index contributed by atoms with van der Waals surface area (Å²) in [5.41, 5.74) is 2.07. The van der Waals surface area contributed by atoms with E-state index in [-0.39, 0.29) is 17.9 Å². The van der Waals surface area contributed by atoms with Crippen molar-refractivity contribution < 1.29 is 33.2 Å². The largest absolute Gasteiger partial charge is 0.493 e. The summed E-state index contributed by atoms with van der Waals surface area (Å²) in [5, 5.41) is 0. The first kappa shape index (κ1) is 22.9. The molecular weight excluding hydrogens is 400 g/mol. The lowest BCUT2D eigenvalue weighted by Crippen LogP contribution is -2.22. The van der Waals surface area contributed by atoms with Crippen LogP contribution in [0, 0.1) is 0 Å². The zero-order valence-corrected chi connectivity index (χ0v) is 19.3. The van der Waals surface area contributed by atoms with Crippen LogP contribution in [0.1, 0.15) is 35.8 Å². The SMILES string of the molecule is COc1ccc([C@H]2CC[C@H](c3ccc(OC)c(OC)c3OC)C2OC)c(OC)c1OC. The molecule has 2 atom stereocenters. The molecule has 1 saturated carbocycles. The Bertz CT molecular complexity index is 824. The molecule has 2 aromatic carbocycles. The molecule has 3 rings (SSSR count). The molecule has 0 aromatic heterocycles. The molecule has 170 valence electrons. The van der Waals surface area contributed by atoms with Crippen LogP contribution in [0.5, 0.6) is 34.5 Å². The van der Waals surface area contributed by atoms with Gasteiger partial charge in [-0.3, -0.25) is 0 Å². The number of rotatable bonds is 9. The van der Waals surface area contributed by atoms with Gasteiger partial charge in [0.2, 0.25) is 11.5 Å². The monoisotopic (exact) mass is 432 g/mol. The van der Waals surface area contributed by atoms with Crippen LogP contribution in [0.3, 0.4) is 0 Å². The predicted octanol–water partition coefficient (Wildman–Crippen LogP) is 4.41. The van der Waals surface area contributed by atoms with Gasteiger partial charge >= 0.3 is 0 Å². The standard InChI is InChI=1S/C24H32O7/c1-25-18-12-10-16(21(28-4)23(18)30-6)14-8-9-15(20(14)27-3)17-11-13-19(26-2)24(31-7)22(17)29-5/h10-15,20H,8-9H2,1-7H3/t14-,15-/m1/s1. The van der Waals surface area contributed by atoms with Crippen molar-refractivity contribution in [2.75, 3.05) is 49.8 Å². The topological polar surface area (TPSA) is 64.6 Å². The van der Waals surface area contributed by atoms with Crippen molar-refractivity contribution in [2.24, 2.45) is 0 Å². The van der Waals surface area contributed by atoms with Gasteiger partial charge in [-0.05, 0) is 25.0 Å². The Morgan fingerprint density at radius 3 is 1.19 bits per heavy atom. The van der Waals surface area contributed by atoms with Gasteiger partial charge < -0.3 is 33.2 Å². The predicted molar refractivity (Wildman–Crippen MR) is 118 cm³/mol. The summed E-state index contributed by atoms with van der Waals surface area (Å²) in [7, 11) is 11.5. The van der Waals surface area contributed by atoms with E-state index in [1.807, 2.05) is 24.3 Å². The van der Waals surface area contributed by atoms with Gasteiger partial charge in [-0.25, -0.2) is 0 Å². The fourth-order valence-corrected chi connectivity index (χ4v) is 4.79. The van der Waals surface area contributed by atoms with E-state index in [1.165, 1.54) is 0 Å². The molecule has 0 radical (unpaired) electrons. The lowest BCUT2D eigenvalue weighted by Gasteiger charge is -2.27. The van der Waals surface area contributed by atoms with Crippen LogP contribution in [0.2, 0.25) is 0 Å². The van der Waals surface area contributed by atoms with Gasteiger partial charge in [-0.1, -0.05) is 12.1 Å². The Balaban J connectivity index is 2.06. The van der Waals surface area contributed by atoms with Crippen molar-refractivity contribution in [1.29, 1.82) is 0 Å². The van der Waals surface area contributed by atoms with E-state index in [1.54, 1.807) is 49.8 Å². The second-order valence-corrected chi connectivity index (χ2v) is 7.34. The number of hydrogen-bond donors (Lipinski definition) is 0. The molecule has 0 spiro atoms. The minimum Gasteiger partial charge on any atom is -0.493 e. The van der Waals surface area contributed by atoms with Crippen LogP contribution < -0.4 is 28.4 Å². The maximum atomic E-state index is 6.05. The molecule has 2 aromatic rings. The molecule has 0 aliphatic heterocycles. The average molecular weight is 433 g/mol. The Hall–Kier alpha value is -2.80. The van der Waals surface area contributed by atoms with Crippen molar-refractivity contribution in [2.45, 2.75) is 30.8 Å². The Kier molecular flexibility index (Phi) is 7.38. The fraction of sp³-hybridized carbons (Fsp3) is 0.500. The van der Waals surface area contributed by atoms with E-state index < -0.39 is 0 Å². The van der Waals surface area contributed by atoms with Gasteiger partial charge in [0, 0.05) is 30.1 Å². The number of hydrogen-bond acceptors (Lipinski definition) is 7. The molecule has 0 unspecified atom stereocenters. The third kappa shape index (κ3) is 3.94. The molecule has 0 saturated heterocycles. The highest BCUT2D eigenvalue weighted by atomic mass is 16.5. The lowest BCUT2D eigenvalue weighted by molar-refractivity contribution is 0.0791. The average Bonchev–Trinajstić information content (AvgIpc) is 3.25. The molecule has 7 nitrogen and oxygen atoms in total. The van der Waals surface area contributed by atoms with Crippen LogP contribution in [0.25, 0.3) is 0 Å². The highest BCUT2D eigenvalue weighted by Crippen LogP contribution is 2.54. The molecule has 7 heteroatoms. The molecule has 0 bridgehead atoms. The summed E-state index contributed by atoms with van der Waals surface area (Å²) in [6, 6.07) is 7.89. The molecule has 0 heterocycles. The first-order valence-electron chi connectivity index (χ1n) is 10.2. The van der Waals surface area contributed by atoms with Crippen LogP contribution in [0.15, 0.2) is 24.3 Å². The normalized spacial score (nSPS) is 18.5. The minimum absolute atomic E-state index is 0.0843. The van der Waals surface area contributed by atoms with Crippen molar-refractivity contribution in [3.63, 3.8) is 0 Å². The minimum atomic E-state index is -0.0843. The quantitative estimate of drug-likeness (QED) is 0.581. The third-order valence-corrected chi connectivity index (χ3v) is 6.12. The third-order valence-electron chi connectivity index (χ3n) is 6.12. The van der Waals surface area contributed by atoms with Gasteiger partial charge in [-0.15, -0.1) is 0 Å². The number of ether oxygens (including phenoxy) is 7. The van der Waals surface area contributed by atoms with E-state index in [2.05, 4.69) is 0 Å².